The fourth-order valence-electron chi connectivity index (χ4n) is 3.16. The molecule has 2 rings (SSSR count). The first-order valence-corrected chi connectivity index (χ1v) is 7.28. The highest BCUT2D eigenvalue weighted by molar-refractivity contribution is 5.78. The molecule has 2 aliphatic rings. The summed E-state index contributed by atoms with van der Waals surface area (Å²) in [5, 5.41) is 10.6. The largest absolute Gasteiger partial charge is 0.389 e. The van der Waals surface area contributed by atoms with Crippen molar-refractivity contribution in [3.8, 4) is 0 Å². The van der Waals surface area contributed by atoms with Crippen molar-refractivity contribution in [2.45, 2.75) is 51.6 Å². The van der Waals surface area contributed by atoms with Crippen LogP contribution in [0.15, 0.2) is 4.99 Å². The molecule has 0 spiro atoms. The number of guanidine groups is 1. The molecule has 2 unspecified atom stereocenters. The van der Waals surface area contributed by atoms with Gasteiger partial charge in [0.05, 0.1) is 5.60 Å². The van der Waals surface area contributed by atoms with Gasteiger partial charge in [0.25, 0.3) is 0 Å². The van der Waals surface area contributed by atoms with Gasteiger partial charge in [-0.05, 0) is 25.2 Å². The van der Waals surface area contributed by atoms with Crippen LogP contribution in [0.5, 0.6) is 0 Å². The van der Waals surface area contributed by atoms with E-state index < -0.39 is 5.60 Å². The van der Waals surface area contributed by atoms with E-state index in [0.717, 1.165) is 38.9 Å². The number of hydrogen-bond acceptors (Lipinski definition) is 2. The molecule has 4 heteroatoms. The zero-order chi connectivity index (χ0) is 13.2. The number of fused-ring (bicyclic) bond motifs is 1. The van der Waals surface area contributed by atoms with Crippen LogP contribution in [0.3, 0.4) is 0 Å². The Balaban J connectivity index is 1.95. The Kier molecular flexibility index (Phi) is 4.15. The van der Waals surface area contributed by atoms with E-state index in [1.807, 2.05) is 0 Å². The van der Waals surface area contributed by atoms with Gasteiger partial charge in [-0.25, -0.2) is 0 Å². The second-order valence-corrected chi connectivity index (χ2v) is 6.34. The SMILES string of the molecule is CC(C)CN=C(N)N1CCC2(O)CCCCC2C1. The van der Waals surface area contributed by atoms with Crippen molar-refractivity contribution < 1.29 is 5.11 Å². The number of rotatable bonds is 2. The van der Waals surface area contributed by atoms with Gasteiger partial charge < -0.3 is 15.7 Å². The third-order valence-electron chi connectivity index (χ3n) is 4.37. The summed E-state index contributed by atoms with van der Waals surface area (Å²) in [6.45, 7) is 6.81. The normalized spacial score (nSPS) is 33.7. The number of likely N-dealkylation sites (tertiary alicyclic amines) is 1. The lowest BCUT2D eigenvalue weighted by atomic mass is 9.71. The van der Waals surface area contributed by atoms with Crippen molar-refractivity contribution >= 4 is 5.96 Å². The Morgan fingerprint density at radius 1 is 1.44 bits per heavy atom. The van der Waals surface area contributed by atoms with Crippen molar-refractivity contribution in [2.24, 2.45) is 22.6 Å². The van der Waals surface area contributed by atoms with Crippen molar-refractivity contribution in [3.63, 3.8) is 0 Å². The van der Waals surface area contributed by atoms with Crippen molar-refractivity contribution in [2.75, 3.05) is 19.6 Å². The molecule has 0 bridgehead atoms. The van der Waals surface area contributed by atoms with Gasteiger partial charge in [0.15, 0.2) is 5.96 Å². The number of hydrogen-bond donors (Lipinski definition) is 2. The fraction of sp³-hybridized carbons (Fsp3) is 0.929. The minimum atomic E-state index is -0.424. The maximum absolute atomic E-state index is 10.6. The molecule has 0 aromatic carbocycles. The van der Waals surface area contributed by atoms with Crippen LogP contribution in [0.1, 0.15) is 46.0 Å². The van der Waals surface area contributed by atoms with Crippen LogP contribution in [0, 0.1) is 11.8 Å². The summed E-state index contributed by atoms with van der Waals surface area (Å²) in [6.07, 6.45) is 5.35. The molecule has 1 aliphatic heterocycles. The number of nitrogens with zero attached hydrogens (tertiary/aromatic N) is 2. The van der Waals surface area contributed by atoms with Crippen molar-refractivity contribution in [1.29, 1.82) is 0 Å². The topological polar surface area (TPSA) is 61.8 Å². The van der Waals surface area contributed by atoms with Gasteiger partial charge in [0.2, 0.25) is 0 Å². The second kappa shape index (κ2) is 5.47. The van der Waals surface area contributed by atoms with Crippen molar-refractivity contribution in [1.82, 2.24) is 4.90 Å². The first-order chi connectivity index (χ1) is 8.51. The molecule has 18 heavy (non-hydrogen) atoms. The molecule has 104 valence electrons. The summed E-state index contributed by atoms with van der Waals surface area (Å²) in [4.78, 5) is 6.61. The molecule has 1 saturated carbocycles. The van der Waals surface area contributed by atoms with E-state index in [0.29, 0.717) is 17.8 Å². The molecule has 0 aromatic heterocycles. The molecule has 2 atom stereocenters. The predicted octanol–water partition coefficient (Wildman–Crippen LogP) is 1.58. The van der Waals surface area contributed by atoms with Crippen LogP contribution >= 0.6 is 0 Å². The van der Waals surface area contributed by atoms with Gasteiger partial charge in [0.1, 0.15) is 0 Å². The molecule has 4 nitrogen and oxygen atoms in total. The van der Waals surface area contributed by atoms with Crippen molar-refractivity contribution in [3.05, 3.63) is 0 Å². The summed E-state index contributed by atoms with van der Waals surface area (Å²) >= 11 is 0. The number of aliphatic imine (C=N–C) groups is 1. The summed E-state index contributed by atoms with van der Waals surface area (Å²) < 4.78 is 0. The minimum Gasteiger partial charge on any atom is -0.389 e. The van der Waals surface area contributed by atoms with Gasteiger partial charge in [-0.3, -0.25) is 4.99 Å². The quantitative estimate of drug-likeness (QED) is 0.580. The molecule has 0 amide bonds. The van der Waals surface area contributed by atoms with E-state index in [-0.39, 0.29) is 0 Å². The third kappa shape index (κ3) is 2.97. The standard InChI is InChI=1S/C14H27N3O/c1-11(2)9-16-13(15)17-8-7-14(18)6-4-3-5-12(14)10-17/h11-12,18H,3-10H2,1-2H3,(H2,15,16). The molecular weight excluding hydrogens is 226 g/mol. The first kappa shape index (κ1) is 13.7. The first-order valence-electron chi connectivity index (χ1n) is 7.28. The highest BCUT2D eigenvalue weighted by atomic mass is 16.3. The smallest absolute Gasteiger partial charge is 0.191 e. The lowest BCUT2D eigenvalue weighted by molar-refractivity contribution is -0.0841. The van der Waals surface area contributed by atoms with Crippen LogP contribution < -0.4 is 5.73 Å². The number of aliphatic hydroxyl groups is 1. The molecule has 1 aliphatic carbocycles. The molecule has 0 aromatic rings. The second-order valence-electron chi connectivity index (χ2n) is 6.34. The average molecular weight is 253 g/mol. The van der Waals surface area contributed by atoms with Gasteiger partial charge >= 0.3 is 0 Å². The maximum atomic E-state index is 10.6. The van der Waals surface area contributed by atoms with Crippen LogP contribution in [0.4, 0.5) is 0 Å². The predicted molar refractivity (Wildman–Crippen MR) is 74.4 cm³/mol. The molecule has 3 N–H and O–H groups in total. The van der Waals surface area contributed by atoms with Crippen LogP contribution in [0.2, 0.25) is 0 Å². The van der Waals surface area contributed by atoms with Gasteiger partial charge in [-0.2, -0.15) is 0 Å². The Hall–Kier alpha value is -0.770. The molecule has 0 radical (unpaired) electrons. The summed E-state index contributed by atoms with van der Waals surface area (Å²) in [5.41, 5.74) is 5.63. The zero-order valence-electron chi connectivity index (χ0n) is 11.7. The van der Waals surface area contributed by atoms with E-state index in [2.05, 4.69) is 23.7 Å². The highest BCUT2D eigenvalue weighted by Gasteiger charge is 2.43. The third-order valence-corrected chi connectivity index (χ3v) is 4.37. The average Bonchev–Trinajstić information content (AvgIpc) is 2.34. The summed E-state index contributed by atoms with van der Waals surface area (Å²) in [6, 6.07) is 0. The molecule has 1 heterocycles. The van der Waals surface area contributed by atoms with Gasteiger partial charge in [-0.15, -0.1) is 0 Å². The van der Waals surface area contributed by atoms with E-state index in [1.165, 1.54) is 12.8 Å². The van der Waals surface area contributed by atoms with E-state index >= 15 is 0 Å². The zero-order valence-corrected chi connectivity index (χ0v) is 11.7. The van der Waals surface area contributed by atoms with Crippen LogP contribution in [0.25, 0.3) is 0 Å². The summed E-state index contributed by atoms with van der Waals surface area (Å²) in [7, 11) is 0. The summed E-state index contributed by atoms with van der Waals surface area (Å²) in [5.74, 6) is 1.59. The molecule has 1 saturated heterocycles. The minimum absolute atomic E-state index is 0.382. The molecule has 2 fully saturated rings. The van der Waals surface area contributed by atoms with E-state index in [1.54, 1.807) is 0 Å². The molecular formula is C14H27N3O. The fourth-order valence-corrected chi connectivity index (χ4v) is 3.16. The Bertz CT molecular complexity index is 316. The van der Waals surface area contributed by atoms with E-state index in [9.17, 15) is 5.11 Å². The highest BCUT2D eigenvalue weighted by Crippen LogP contribution is 2.39. The monoisotopic (exact) mass is 253 g/mol. The van der Waals surface area contributed by atoms with Gasteiger partial charge in [0, 0.05) is 25.6 Å². The lowest BCUT2D eigenvalue weighted by Crippen LogP contribution is -2.56. The van der Waals surface area contributed by atoms with Crippen LogP contribution in [-0.2, 0) is 0 Å². The van der Waals surface area contributed by atoms with E-state index in [4.69, 9.17) is 5.73 Å². The van der Waals surface area contributed by atoms with Crippen LogP contribution in [-0.4, -0.2) is 41.2 Å². The Labute approximate surface area is 110 Å². The van der Waals surface area contributed by atoms with Gasteiger partial charge in [-0.1, -0.05) is 26.7 Å². The number of nitrogens with two attached hydrogens (primary N) is 1. The Morgan fingerprint density at radius 3 is 2.94 bits per heavy atom. The number of piperidine rings is 1. The lowest BCUT2D eigenvalue weighted by Gasteiger charge is -2.47. The Morgan fingerprint density at radius 2 is 2.22 bits per heavy atom. The maximum Gasteiger partial charge on any atom is 0.191 e.